The van der Waals surface area contributed by atoms with Gasteiger partial charge in [0, 0.05) is 19.5 Å². The van der Waals surface area contributed by atoms with Gasteiger partial charge >= 0.3 is 0 Å². The van der Waals surface area contributed by atoms with Crippen molar-refractivity contribution in [3.05, 3.63) is 102 Å². The van der Waals surface area contributed by atoms with Crippen molar-refractivity contribution >= 4 is 23.6 Å². The molecule has 0 aromatic heterocycles. The van der Waals surface area contributed by atoms with Crippen LogP contribution in [0.3, 0.4) is 0 Å². The summed E-state index contributed by atoms with van der Waals surface area (Å²) in [7, 11) is 0. The van der Waals surface area contributed by atoms with Gasteiger partial charge in [0.1, 0.15) is 23.9 Å². The van der Waals surface area contributed by atoms with Gasteiger partial charge in [0.25, 0.3) is 0 Å². The molecule has 0 bridgehead atoms. The average molecular weight is 614 g/mol. The smallest absolute Gasteiger partial charge is 0.243 e. The Morgan fingerprint density at radius 2 is 1.42 bits per heavy atom. The summed E-state index contributed by atoms with van der Waals surface area (Å²) in [5.74, 6) is -1.68. The van der Waals surface area contributed by atoms with Crippen LogP contribution < -0.4 is 21.7 Å². The van der Waals surface area contributed by atoms with Gasteiger partial charge < -0.3 is 31.7 Å². The molecule has 0 spiro atoms. The van der Waals surface area contributed by atoms with E-state index in [0.717, 1.165) is 16.7 Å². The maximum absolute atomic E-state index is 13.7. The van der Waals surface area contributed by atoms with Gasteiger partial charge in [-0.15, -0.1) is 0 Å². The SMILES string of the molecule is CC(C)C(NC(=O)C(Cc1ccccc1)NC(=O)C1CCCN1C(=O)C(N)Cc1ccc(O)cc1)C(=O)NCc1ccccc1. The van der Waals surface area contributed by atoms with Crippen LogP contribution in [-0.2, 0) is 38.6 Å². The number of amides is 4. The quantitative estimate of drug-likeness (QED) is 0.200. The molecule has 3 aromatic rings. The van der Waals surface area contributed by atoms with E-state index in [4.69, 9.17) is 5.73 Å². The molecule has 6 N–H and O–H groups in total. The van der Waals surface area contributed by atoms with Gasteiger partial charge in [0.05, 0.1) is 6.04 Å². The Hall–Kier alpha value is -4.70. The van der Waals surface area contributed by atoms with E-state index in [1.54, 1.807) is 12.1 Å². The number of nitrogens with zero attached hydrogens (tertiary/aromatic N) is 1. The Labute approximate surface area is 264 Å². The van der Waals surface area contributed by atoms with E-state index in [0.29, 0.717) is 25.9 Å². The van der Waals surface area contributed by atoms with E-state index < -0.39 is 36.0 Å². The van der Waals surface area contributed by atoms with Gasteiger partial charge in [0.15, 0.2) is 0 Å². The van der Waals surface area contributed by atoms with E-state index in [1.807, 2.05) is 74.5 Å². The summed E-state index contributed by atoms with van der Waals surface area (Å²) in [6.45, 7) is 4.40. The van der Waals surface area contributed by atoms with Gasteiger partial charge in [-0.2, -0.15) is 0 Å². The van der Waals surface area contributed by atoms with Crippen LogP contribution in [0, 0.1) is 5.92 Å². The summed E-state index contributed by atoms with van der Waals surface area (Å²) in [6.07, 6.45) is 1.53. The lowest BCUT2D eigenvalue weighted by atomic mass is 10.0. The van der Waals surface area contributed by atoms with E-state index >= 15 is 0 Å². The van der Waals surface area contributed by atoms with E-state index in [1.165, 1.54) is 17.0 Å². The standard InChI is InChI=1S/C35H43N5O5/c1-23(2)31(34(44)37-22-26-12-7-4-8-13-26)39-32(42)29(21-24-10-5-3-6-11-24)38-33(43)30-14-9-19-40(30)35(45)28(36)20-25-15-17-27(41)18-16-25/h3-8,10-13,15-18,23,28-31,41H,9,14,19-22,36H2,1-2H3,(H,37,44)(H,38,43)(H,39,42). The Balaban J connectivity index is 1.44. The zero-order chi connectivity index (χ0) is 32.3. The highest BCUT2D eigenvalue weighted by Crippen LogP contribution is 2.20. The highest BCUT2D eigenvalue weighted by Gasteiger charge is 2.38. The average Bonchev–Trinajstić information content (AvgIpc) is 3.54. The molecule has 238 valence electrons. The van der Waals surface area contributed by atoms with Crippen LogP contribution in [0.5, 0.6) is 5.75 Å². The number of rotatable bonds is 13. The van der Waals surface area contributed by atoms with E-state index in [2.05, 4.69) is 16.0 Å². The molecule has 0 saturated carbocycles. The molecule has 1 aliphatic rings. The van der Waals surface area contributed by atoms with E-state index in [-0.39, 0.29) is 36.3 Å². The summed E-state index contributed by atoms with van der Waals surface area (Å²) >= 11 is 0. The van der Waals surface area contributed by atoms with Crippen LogP contribution in [0.1, 0.15) is 43.4 Å². The summed E-state index contributed by atoms with van der Waals surface area (Å²) in [5, 5.41) is 18.2. The van der Waals surface area contributed by atoms with Crippen LogP contribution in [-0.4, -0.2) is 64.3 Å². The van der Waals surface area contributed by atoms with Crippen LogP contribution in [0.15, 0.2) is 84.9 Å². The number of likely N-dealkylation sites (tertiary alicyclic amines) is 1. The number of nitrogens with one attached hydrogen (secondary N) is 3. The first kappa shape index (κ1) is 33.2. The third-order valence-electron chi connectivity index (χ3n) is 8.02. The maximum Gasteiger partial charge on any atom is 0.243 e. The molecule has 1 heterocycles. The van der Waals surface area contributed by atoms with Gasteiger partial charge in [0.2, 0.25) is 23.6 Å². The first-order chi connectivity index (χ1) is 21.6. The molecule has 0 aliphatic carbocycles. The van der Waals surface area contributed by atoms with Crippen molar-refractivity contribution in [2.24, 2.45) is 11.7 Å². The first-order valence-corrected chi connectivity index (χ1v) is 15.4. The molecule has 10 nitrogen and oxygen atoms in total. The molecule has 1 saturated heterocycles. The molecular formula is C35H43N5O5. The maximum atomic E-state index is 13.7. The Morgan fingerprint density at radius 3 is 2.04 bits per heavy atom. The first-order valence-electron chi connectivity index (χ1n) is 15.4. The van der Waals surface area contributed by atoms with Crippen molar-refractivity contribution in [1.29, 1.82) is 0 Å². The molecule has 4 amide bonds. The van der Waals surface area contributed by atoms with Crippen LogP contribution in [0.4, 0.5) is 0 Å². The minimum atomic E-state index is -0.980. The fourth-order valence-electron chi connectivity index (χ4n) is 5.50. The minimum Gasteiger partial charge on any atom is -0.508 e. The number of nitrogens with two attached hydrogens (primary N) is 1. The number of phenolic OH excluding ortho intramolecular Hbond substituents is 1. The van der Waals surface area contributed by atoms with Crippen molar-refractivity contribution in [3.8, 4) is 5.75 Å². The second-order valence-corrected chi connectivity index (χ2v) is 11.9. The van der Waals surface area contributed by atoms with Crippen molar-refractivity contribution < 1.29 is 24.3 Å². The zero-order valence-corrected chi connectivity index (χ0v) is 25.8. The number of carbonyl (C=O) groups is 4. The van der Waals surface area contributed by atoms with Crippen LogP contribution in [0.25, 0.3) is 0 Å². The number of hydrogen-bond acceptors (Lipinski definition) is 6. The lowest BCUT2D eigenvalue weighted by Gasteiger charge is -2.29. The molecule has 45 heavy (non-hydrogen) atoms. The molecule has 3 aromatic carbocycles. The summed E-state index contributed by atoms with van der Waals surface area (Å²) in [5.41, 5.74) is 8.83. The summed E-state index contributed by atoms with van der Waals surface area (Å²) < 4.78 is 0. The molecule has 4 unspecified atom stereocenters. The fraction of sp³-hybridized carbons (Fsp3) is 0.371. The lowest BCUT2D eigenvalue weighted by molar-refractivity contribution is -0.140. The largest absolute Gasteiger partial charge is 0.508 e. The fourth-order valence-corrected chi connectivity index (χ4v) is 5.50. The molecule has 0 radical (unpaired) electrons. The summed E-state index contributed by atoms with van der Waals surface area (Å²) in [4.78, 5) is 55.4. The molecular weight excluding hydrogens is 570 g/mol. The Bertz CT molecular complexity index is 1430. The predicted molar refractivity (Wildman–Crippen MR) is 172 cm³/mol. The third kappa shape index (κ3) is 9.39. The van der Waals surface area contributed by atoms with Crippen molar-refractivity contribution in [2.45, 2.75) is 70.2 Å². The zero-order valence-electron chi connectivity index (χ0n) is 25.8. The molecule has 1 fully saturated rings. The van der Waals surface area contributed by atoms with Crippen molar-refractivity contribution in [3.63, 3.8) is 0 Å². The predicted octanol–water partition coefficient (Wildman–Crippen LogP) is 2.44. The normalized spacial score (nSPS) is 16.4. The number of benzene rings is 3. The number of carbonyl (C=O) groups excluding carboxylic acids is 4. The number of phenols is 1. The van der Waals surface area contributed by atoms with Gasteiger partial charge in [-0.25, -0.2) is 0 Å². The molecule has 1 aliphatic heterocycles. The number of hydrogen-bond donors (Lipinski definition) is 5. The third-order valence-corrected chi connectivity index (χ3v) is 8.02. The number of aromatic hydroxyl groups is 1. The second-order valence-electron chi connectivity index (χ2n) is 11.9. The Morgan fingerprint density at radius 1 is 0.822 bits per heavy atom. The van der Waals surface area contributed by atoms with Crippen LogP contribution >= 0.6 is 0 Å². The van der Waals surface area contributed by atoms with Crippen molar-refractivity contribution in [2.75, 3.05) is 6.54 Å². The van der Waals surface area contributed by atoms with Crippen LogP contribution in [0.2, 0.25) is 0 Å². The molecule has 4 rings (SSSR count). The van der Waals surface area contributed by atoms with E-state index in [9.17, 15) is 24.3 Å². The lowest BCUT2D eigenvalue weighted by Crippen LogP contribution is -2.58. The van der Waals surface area contributed by atoms with Gasteiger partial charge in [-0.05, 0) is 54.0 Å². The monoisotopic (exact) mass is 613 g/mol. The van der Waals surface area contributed by atoms with Crippen molar-refractivity contribution in [1.82, 2.24) is 20.9 Å². The topological polar surface area (TPSA) is 154 Å². The highest BCUT2D eigenvalue weighted by atomic mass is 16.3. The Kier molecular flexibility index (Phi) is 11.7. The molecule has 10 heteroatoms. The molecule has 4 atom stereocenters. The summed E-state index contributed by atoms with van der Waals surface area (Å²) in [6, 6.07) is 21.8. The minimum absolute atomic E-state index is 0.122. The van der Waals surface area contributed by atoms with Gasteiger partial charge in [-0.3, -0.25) is 19.2 Å². The second kappa shape index (κ2) is 15.9. The highest BCUT2D eigenvalue weighted by molar-refractivity contribution is 5.95. The van der Waals surface area contributed by atoms with Gasteiger partial charge in [-0.1, -0.05) is 86.6 Å².